The van der Waals surface area contributed by atoms with Crippen molar-refractivity contribution >= 4 is 15.7 Å². The van der Waals surface area contributed by atoms with E-state index in [1.165, 1.54) is 19.2 Å². The van der Waals surface area contributed by atoms with Crippen molar-refractivity contribution in [2.24, 2.45) is 5.84 Å². The zero-order valence-electron chi connectivity index (χ0n) is 10.7. The average molecular weight is 273 g/mol. The minimum atomic E-state index is -3.53. The van der Waals surface area contributed by atoms with Crippen molar-refractivity contribution in [3.63, 3.8) is 0 Å². The summed E-state index contributed by atoms with van der Waals surface area (Å²) in [5, 5.41) is 0. The molecule has 0 unspecified atom stereocenters. The fourth-order valence-corrected chi connectivity index (χ4v) is 2.35. The largest absolute Gasteiger partial charge is 0.377 e. The molecule has 1 rings (SSSR count). The van der Waals surface area contributed by atoms with Gasteiger partial charge in [0.1, 0.15) is 0 Å². The van der Waals surface area contributed by atoms with Crippen molar-refractivity contribution in [1.82, 2.24) is 4.72 Å². The summed E-state index contributed by atoms with van der Waals surface area (Å²) in [4.78, 5) is 0.188. The van der Waals surface area contributed by atoms with Crippen LogP contribution < -0.4 is 16.0 Å². The maximum atomic E-state index is 12.0. The van der Waals surface area contributed by atoms with E-state index in [-0.39, 0.29) is 11.4 Å². The first-order chi connectivity index (χ1) is 8.30. The lowest BCUT2D eigenvalue weighted by atomic mass is 10.1. The van der Waals surface area contributed by atoms with E-state index >= 15 is 0 Å². The van der Waals surface area contributed by atoms with Crippen LogP contribution in [0.15, 0.2) is 29.2 Å². The van der Waals surface area contributed by atoms with Crippen LogP contribution in [0.25, 0.3) is 0 Å². The fourth-order valence-electron chi connectivity index (χ4n) is 1.15. The molecule has 0 radical (unpaired) electrons. The summed E-state index contributed by atoms with van der Waals surface area (Å²) in [5.41, 5.74) is 2.53. The second-order valence-electron chi connectivity index (χ2n) is 4.46. The van der Waals surface area contributed by atoms with Crippen LogP contribution in [0.2, 0.25) is 0 Å². The zero-order chi connectivity index (χ0) is 13.8. The van der Waals surface area contributed by atoms with Crippen LogP contribution in [0.4, 0.5) is 5.69 Å². The maximum Gasteiger partial charge on any atom is 0.240 e. The molecule has 7 heteroatoms. The monoisotopic (exact) mass is 273 g/mol. The van der Waals surface area contributed by atoms with Gasteiger partial charge in [0.2, 0.25) is 10.0 Å². The molecule has 0 aliphatic carbocycles. The van der Waals surface area contributed by atoms with Gasteiger partial charge in [-0.25, -0.2) is 13.1 Å². The van der Waals surface area contributed by atoms with Crippen LogP contribution in [0.3, 0.4) is 0 Å². The fraction of sp³-hybridized carbons (Fsp3) is 0.455. The molecule has 0 amide bonds. The molecule has 0 aliphatic rings. The van der Waals surface area contributed by atoms with Crippen molar-refractivity contribution in [2.75, 3.05) is 19.1 Å². The van der Waals surface area contributed by atoms with E-state index in [9.17, 15) is 8.42 Å². The third kappa shape index (κ3) is 3.95. The second kappa shape index (κ2) is 5.66. The van der Waals surface area contributed by atoms with Gasteiger partial charge in [0.05, 0.1) is 10.5 Å². The quantitative estimate of drug-likeness (QED) is 0.523. The Labute approximate surface area is 108 Å². The summed E-state index contributed by atoms with van der Waals surface area (Å²) in [6, 6.07) is 6.15. The molecule has 0 aliphatic heterocycles. The highest BCUT2D eigenvalue weighted by Crippen LogP contribution is 2.14. The predicted molar refractivity (Wildman–Crippen MR) is 70.5 cm³/mol. The zero-order valence-corrected chi connectivity index (χ0v) is 11.5. The summed E-state index contributed by atoms with van der Waals surface area (Å²) in [7, 11) is -1.99. The van der Waals surface area contributed by atoms with Gasteiger partial charge in [0.25, 0.3) is 0 Å². The molecule has 0 fully saturated rings. The molecule has 6 nitrogen and oxygen atoms in total. The number of hydrogen-bond donors (Lipinski definition) is 3. The van der Waals surface area contributed by atoms with E-state index < -0.39 is 15.6 Å². The molecular formula is C11H19N3O3S. The van der Waals surface area contributed by atoms with Gasteiger partial charge in [-0.2, -0.15) is 0 Å². The molecule has 0 atom stereocenters. The standard InChI is InChI=1S/C11H19N3O3S/c1-11(2,17-3)8-13-18(15,16)10-6-4-9(14-12)5-7-10/h4-7,13-14H,8,12H2,1-3H3. The summed E-state index contributed by atoms with van der Waals surface area (Å²) < 4.78 is 31.6. The Morgan fingerprint density at radius 1 is 1.28 bits per heavy atom. The van der Waals surface area contributed by atoms with Crippen molar-refractivity contribution < 1.29 is 13.2 Å². The van der Waals surface area contributed by atoms with Crippen molar-refractivity contribution in [3.8, 4) is 0 Å². The van der Waals surface area contributed by atoms with E-state index in [1.54, 1.807) is 26.0 Å². The number of ether oxygens (including phenoxy) is 1. The molecule has 1 aromatic rings. The van der Waals surface area contributed by atoms with Crippen LogP contribution in [0, 0.1) is 0 Å². The Balaban J connectivity index is 2.80. The third-order valence-corrected chi connectivity index (χ3v) is 3.99. The molecule has 102 valence electrons. The van der Waals surface area contributed by atoms with Crippen molar-refractivity contribution in [2.45, 2.75) is 24.3 Å². The average Bonchev–Trinajstić information content (AvgIpc) is 2.37. The number of nitrogen functional groups attached to an aromatic ring is 1. The molecule has 0 spiro atoms. The van der Waals surface area contributed by atoms with Gasteiger partial charge < -0.3 is 10.2 Å². The predicted octanol–water partition coefficient (Wildman–Crippen LogP) is 0.675. The van der Waals surface area contributed by atoms with Crippen LogP contribution in [-0.4, -0.2) is 27.7 Å². The number of hydrazine groups is 1. The van der Waals surface area contributed by atoms with Gasteiger partial charge >= 0.3 is 0 Å². The number of nitrogens with two attached hydrogens (primary N) is 1. The number of anilines is 1. The number of benzene rings is 1. The number of methoxy groups -OCH3 is 1. The van der Waals surface area contributed by atoms with Gasteiger partial charge in [-0.05, 0) is 38.1 Å². The number of hydrogen-bond acceptors (Lipinski definition) is 5. The third-order valence-electron chi connectivity index (χ3n) is 2.57. The number of nitrogens with one attached hydrogen (secondary N) is 2. The van der Waals surface area contributed by atoms with Gasteiger partial charge in [-0.3, -0.25) is 5.84 Å². The van der Waals surface area contributed by atoms with E-state index in [0.29, 0.717) is 5.69 Å². The van der Waals surface area contributed by atoms with E-state index in [4.69, 9.17) is 10.6 Å². The first-order valence-electron chi connectivity index (χ1n) is 5.42. The van der Waals surface area contributed by atoms with Crippen molar-refractivity contribution in [3.05, 3.63) is 24.3 Å². The van der Waals surface area contributed by atoms with Crippen LogP contribution in [-0.2, 0) is 14.8 Å². The van der Waals surface area contributed by atoms with Gasteiger partial charge in [0, 0.05) is 19.3 Å². The summed E-state index contributed by atoms with van der Waals surface area (Å²) in [5.74, 6) is 5.21. The molecule has 4 N–H and O–H groups in total. The van der Waals surface area contributed by atoms with Gasteiger partial charge in [0.15, 0.2) is 0 Å². The summed E-state index contributed by atoms with van der Waals surface area (Å²) >= 11 is 0. The molecule has 0 bridgehead atoms. The van der Waals surface area contributed by atoms with Gasteiger partial charge in [-0.1, -0.05) is 0 Å². The van der Waals surface area contributed by atoms with Gasteiger partial charge in [-0.15, -0.1) is 0 Å². The Morgan fingerprint density at radius 2 is 1.83 bits per heavy atom. The van der Waals surface area contributed by atoms with E-state index in [2.05, 4.69) is 10.1 Å². The highest BCUT2D eigenvalue weighted by molar-refractivity contribution is 7.89. The maximum absolute atomic E-state index is 12.0. The minimum Gasteiger partial charge on any atom is -0.377 e. The SMILES string of the molecule is COC(C)(C)CNS(=O)(=O)c1ccc(NN)cc1. The molecule has 0 aromatic heterocycles. The lowest BCUT2D eigenvalue weighted by Gasteiger charge is -2.23. The normalized spacial score (nSPS) is 12.4. The first-order valence-corrected chi connectivity index (χ1v) is 6.90. The molecular weight excluding hydrogens is 254 g/mol. The molecule has 0 saturated heterocycles. The smallest absolute Gasteiger partial charge is 0.240 e. The molecule has 18 heavy (non-hydrogen) atoms. The molecule has 0 heterocycles. The lowest BCUT2D eigenvalue weighted by Crippen LogP contribution is -2.39. The highest BCUT2D eigenvalue weighted by atomic mass is 32.2. The summed E-state index contributed by atoms with van der Waals surface area (Å²) in [6.07, 6.45) is 0. The summed E-state index contributed by atoms with van der Waals surface area (Å²) in [6.45, 7) is 3.80. The lowest BCUT2D eigenvalue weighted by molar-refractivity contribution is 0.0276. The molecule has 0 saturated carbocycles. The number of rotatable bonds is 6. The topological polar surface area (TPSA) is 93.4 Å². The molecule has 1 aromatic carbocycles. The minimum absolute atomic E-state index is 0.188. The Morgan fingerprint density at radius 3 is 2.28 bits per heavy atom. The van der Waals surface area contributed by atoms with E-state index in [0.717, 1.165) is 0 Å². The Bertz CT molecular complexity index is 483. The second-order valence-corrected chi connectivity index (χ2v) is 6.22. The Hall–Kier alpha value is -1.15. The highest BCUT2D eigenvalue weighted by Gasteiger charge is 2.21. The van der Waals surface area contributed by atoms with Crippen LogP contribution in [0.5, 0.6) is 0 Å². The first kappa shape index (κ1) is 14.9. The van der Waals surface area contributed by atoms with Crippen LogP contribution >= 0.6 is 0 Å². The number of sulfonamides is 1. The van der Waals surface area contributed by atoms with Crippen molar-refractivity contribution in [1.29, 1.82) is 0 Å². The Kier molecular flexibility index (Phi) is 4.69. The van der Waals surface area contributed by atoms with Crippen LogP contribution in [0.1, 0.15) is 13.8 Å². The van der Waals surface area contributed by atoms with E-state index in [1.807, 2.05) is 0 Å².